The number of halogens is 2. The third-order valence-electron chi connectivity index (χ3n) is 4.78. The van der Waals surface area contributed by atoms with Crippen LogP contribution in [0, 0.1) is 5.92 Å². The van der Waals surface area contributed by atoms with E-state index >= 15 is 0 Å². The SMILES string of the molecule is COc1cc(CNc2ccc(NC(=O)C(C)C)cc2)c(Br)cc1OCc1cccc(Cl)c1. The van der Waals surface area contributed by atoms with Crippen LogP contribution in [-0.2, 0) is 17.9 Å². The van der Waals surface area contributed by atoms with E-state index in [2.05, 4.69) is 26.6 Å². The van der Waals surface area contributed by atoms with E-state index < -0.39 is 0 Å². The highest BCUT2D eigenvalue weighted by atomic mass is 79.9. The van der Waals surface area contributed by atoms with Crippen LogP contribution in [0.4, 0.5) is 11.4 Å². The summed E-state index contributed by atoms with van der Waals surface area (Å²) in [6.07, 6.45) is 0. The van der Waals surface area contributed by atoms with Crippen LogP contribution in [0.3, 0.4) is 0 Å². The molecule has 168 valence electrons. The van der Waals surface area contributed by atoms with Crippen molar-refractivity contribution in [3.8, 4) is 11.5 Å². The maximum absolute atomic E-state index is 11.8. The number of benzene rings is 3. The minimum Gasteiger partial charge on any atom is -0.493 e. The zero-order chi connectivity index (χ0) is 23.1. The minimum absolute atomic E-state index is 0.000551. The van der Waals surface area contributed by atoms with Gasteiger partial charge in [-0.2, -0.15) is 0 Å². The normalized spacial score (nSPS) is 10.7. The first-order chi connectivity index (χ1) is 15.4. The Bertz CT molecular complexity index is 1070. The highest BCUT2D eigenvalue weighted by molar-refractivity contribution is 9.10. The van der Waals surface area contributed by atoms with E-state index in [1.165, 1.54) is 0 Å². The van der Waals surface area contributed by atoms with Gasteiger partial charge in [0.05, 0.1) is 7.11 Å². The predicted octanol–water partition coefficient (Wildman–Crippen LogP) is 6.90. The summed E-state index contributed by atoms with van der Waals surface area (Å²) in [5, 5.41) is 6.95. The van der Waals surface area contributed by atoms with E-state index in [1.54, 1.807) is 7.11 Å². The Hall–Kier alpha value is -2.70. The van der Waals surface area contributed by atoms with Gasteiger partial charge in [0.2, 0.25) is 5.91 Å². The number of carbonyl (C=O) groups is 1. The first kappa shape index (κ1) is 24.0. The zero-order valence-corrected chi connectivity index (χ0v) is 20.6. The second-order valence-corrected chi connectivity index (χ2v) is 8.88. The zero-order valence-electron chi connectivity index (χ0n) is 18.2. The molecule has 0 aliphatic carbocycles. The molecule has 3 aromatic rings. The summed E-state index contributed by atoms with van der Waals surface area (Å²) in [5.41, 5.74) is 3.72. The highest BCUT2D eigenvalue weighted by Crippen LogP contribution is 2.34. The molecule has 0 aliphatic heterocycles. The Morgan fingerprint density at radius 2 is 1.75 bits per heavy atom. The molecule has 0 spiro atoms. The van der Waals surface area contributed by atoms with Gasteiger partial charge in [0.1, 0.15) is 6.61 Å². The summed E-state index contributed by atoms with van der Waals surface area (Å²) < 4.78 is 12.4. The number of hydrogen-bond donors (Lipinski definition) is 2. The summed E-state index contributed by atoms with van der Waals surface area (Å²) >= 11 is 9.68. The van der Waals surface area contributed by atoms with Crippen LogP contribution < -0.4 is 20.1 Å². The Balaban J connectivity index is 1.63. The van der Waals surface area contributed by atoms with Crippen molar-refractivity contribution in [2.45, 2.75) is 27.0 Å². The summed E-state index contributed by atoms with van der Waals surface area (Å²) in [4.78, 5) is 11.8. The standard InChI is InChI=1S/C25H26BrClN2O3/c1-16(2)25(30)29-21-9-7-20(8-10-21)28-14-18-12-23(31-3)24(13-22(18)26)32-15-17-5-4-6-19(27)11-17/h4-13,16,28H,14-15H2,1-3H3,(H,29,30). The molecule has 3 aromatic carbocycles. The largest absolute Gasteiger partial charge is 0.493 e. The second kappa shape index (κ2) is 11.2. The fourth-order valence-corrected chi connectivity index (χ4v) is 3.60. The number of nitrogens with one attached hydrogen (secondary N) is 2. The number of methoxy groups -OCH3 is 1. The third kappa shape index (κ3) is 6.65. The monoisotopic (exact) mass is 516 g/mol. The fraction of sp³-hybridized carbons (Fsp3) is 0.240. The van der Waals surface area contributed by atoms with Crippen LogP contribution in [-0.4, -0.2) is 13.0 Å². The summed E-state index contributed by atoms with van der Waals surface area (Å²) in [6, 6.07) is 19.1. The molecule has 0 radical (unpaired) electrons. The van der Waals surface area contributed by atoms with Gasteiger partial charge < -0.3 is 20.1 Å². The second-order valence-electron chi connectivity index (χ2n) is 7.59. The van der Waals surface area contributed by atoms with Crippen LogP contribution in [0.5, 0.6) is 11.5 Å². The van der Waals surface area contributed by atoms with Crippen molar-refractivity contribution in [2.24, 2.45) is 5.92 Å². The summed E-state index contributed by atoms with van der Waals surface area (Å²) in [5.74, 6) is 1.24. The minimum atomic E-state index is -0.0578. The van der Waals surface area contributed by atoms with Crippen LogP contribution in [0.25, 0.3) is 0 Å². The molecular weight excluding hydrogens is 492 g/mol. The Morgan fingerprint density at radius 3 is 2.41 bits per heavy atom. The average molecular weight is 518 g/mol. The number of anilines is 2. The molecule has 0 atom stereocenters. The van der Waals surface area contributed by atoms with Gasteiger partial charge in [0, 0.05) is 33.3 Å². The lowest BCUT2D eigenvalue weighted by molar-refractivity contribution is -0.118. The molecule has 3 rings (SSSR count). The molecule has 0 bridgehead atoms. The van der Waals surface area contributed by atoms with Gasteiger partial charge in [-0.25, -0.2) is 0 Å². The molecule has 0 unspecified atom stereocenters. The van der Waals surface area contributed by atoms with Crippen molar-refractivity contribution >= 4 is 44.8 Å². The number of hydrogen-bond acceptors (Lipinski definition) is 4. The summed E-state index contributed by atoms with van der Waals surface area (Å²) in [6.45, 7) is 4.71. The molecule has 5 nitrogen and oxygen atoms in total. The summed E-state index contributed by atoms with van der Waals surface area (Å²) in [7, 11) is 1.62. The lowest BCUT2D eigenvalue weighted by atomic mass is 10.1. The van der Waals surface area contributed by atoms with Gasteiger partial charge in [-0.3, -0.25) is 4.79 Å². The van der Waals surface area contributed by atoms with E-state index in [1.807, 2.05) is 74.5 Å². The predicted molar refractivity (Wildman–Crippen MR) is 134 cm³/mol. The molecular formula is C25H26BrClN2O3. The molecule has 0 saturated heterocycles. The molecule has 0 fully saturated rings. The van der Waals surface area contributed by atoms with E-state index in [4.69, 9.17) is 21.1 Å². The van der Waals surface area contributed by atoms with Crippen molar-refractivity contribution in [1.29, 1.82) is 0 Å². The van der Waals surface area contributed by atoms with Crippen molar-refractivity contribution in [2.75, 3.05) is 17.7 Å². The quantitative estimate of drug-likeness (QED) is 0.324. The van der Waals surface area contributed by atoms with Crippen molar-refractivity contribution in [3.63, 3.8) is 0 Å². The van der Waals surface area contributed by atoms with E-state index in [0.29, 0.717) is 29.7 Å². The van der Waals surface area contributed by atoms with Gasteiger partial charge in [0.15, 0.2) is 11.5 Å². The van der Waals surface area contributed by atoms with Crippen molar-refractivity contribution in [3.05, 3.63) is 81.3 Å². The number of amides is 1. The smallest absolute Gasteiger partial charge is 0.226 e. The first-order valence-electron chi connectivity index (χ1n) is 10.2. The average Bonchev–Trinajstić information content (AvgIpc) is 2.78. The van der Waals surface area contributed by atoms with Crippen LogP contribution >= 0.6 is 27.5 Å². The fourth-order valence-electron chi connectivity index (χ4n) is 2.93. The van der Waals surface area contributed by atoms with Gasteiger partial charge >= 0.3 is 0 Å². The Kier molecular flexibility index (Phi) is 8.42. The Morgan fingerprint density at radius 1 is 1.03 bits per heavy atom. The molecule has 0 aliphatic rings. The van der Waals surface area contributed by atoms with Crippen molar-refractivity contribution < 1.29 is 14.3 Å². The highest BCUT2D eigenvalue weighted by Gasteiger charge is 2.11. The molecule has 32 heavy (non-hydrogen) atoms. The molecule has 0 aromatic heterocycles. The van der Waals surface area contributed by atoms with Crippen LogP contribution in [0.1, 0.15) is 25.0 Å². The van der Waals surface area contributed by atoms with Gasteiger partial charge in [0.25, 0.3) is 0 Å². The molecule has 2 N–H and O–H groups in total. The first-order valence-corrected chi connectivity index (χ1v) is 11.4. The topological polar surface area (TPSA) is 59.6 Å². The van der Waals surface area contributed by atoms with Gasteiger partial charge in [-0.15, -0.1) is 0 Å². The lowest BCUT2D eigenvalue weighted by Gasteiger charge is -2.15. The van der Waals surface area contributed by atoms with Gasteiger partial charge in [-0.1, -0.05) is 53.5 Å². The van der Waals surface area contributed by atoms with Gasteiger partial charge in [-0.05, 0) is 59.7 Å². The molecule has 0 saturated carbocycles. The number of carbonyl (C=O) groups excluding carboxylic acids is 1. The molecule has 0 heterocycles. The number of ether oxygens (including phenoxy) is 2. The lowest BCUT2D eigenvalue weighted by Crippen LogP contribution is -2.17. The van der Waals surface area contributed by atoms with Crippen LogP contribution in [0.15, 0.2) is 65.1 Å². The molecule has 1 amide bonds. The van der Waals surface area contributed by atoms with Crippen LogP contribution in [0.2, 0.25) is 5.02 Å². The molecule has 7 heteroatoms. The Labute approximate surface area is 202 Å². The number of rotatable bonds is 9. The van der Waals surface area contributed by atoms with Crippen molar-refractivity contribution in [1.82, 2.24) is 0 Å². The van der Waals surface area contributed by atoms with E-state index in [-0.39, 0.29) is 11.8 Å². The maximum atomic E-state index is 11.8. The maximum Gasteiger partial charge on any atom is 0.226 e. The van der Waals surface area contributed by atoms with E-state index in [0.717, 1.165) is 27.0 Å². The third-order valence-corrected chi connectivity index (χ3v) is 5.75. The van der Waals surface area contributed by atoms with E-state index in [9.17, 15) is 4.79 Å².